The van der Waals surface area contributed by atoms with Crippen molar-refractivity contribution in [1.82, 2.24) is 0 Å². The highest BCUT2D eigenvalue weighted by molar-refractivity contribution is 9.08. The van der Waals surface area contributed by atoms with Crippen molar-refractivity contribution in [2.75, 3.05) is 0 Å². The molecule has 1 N–H and O–H groups in total. The molecule has 0 spiro atoms. The summed E-state index contributed by atoms with van der Waals surface area (Å²) in [6.45, 7) is 0. The minimum Gasteiger partial charge on any atom is -0.282 e. The van der Waals surface area contributed by atoms with Gasteiger partial charge in [-0.1, -0.05) is 34.1 Å². The van der Waals surface area contributed by atoms with Crippen LogP contribution in [0.5, 0.6) is 0 Å². The van der Waals surface area contributed by atoms with Gasteiger partial charge in [0.2, 0.25) is 0 Å². The summed E-state index contributed by atoms with van der Waals surface area (Å²) in [6, 6.07) is 6.28. The Morgan fingerprint density at radius 3 is 2.23 bits per heavy atom. The maximum atomic E-state index is 10.7. The summed E-state index contributed by atoms with van der Waals surface area (Å²) >= 11 is 3.13. The molecular weight excluding hydrogens is 279 g/mol. The molecule has 0 unspecified atom stereocenters. The van der Waals surface area contributed by atoms with Crippen LogP contribution in [0.25, 0.3) is 0 Å². The summed E-state index contributed by atoms with van der Waals surface area (Å²) in [4.78, 5) is -0.0399. The quantitative estimate of drug-likeness (QED) is 0.670. The molecular formula is C7H8BrClO3S. The second-order valence-corrected chi connectivity index (χ2v) is 4.17. The SMILES string of the molecule is Cl.O=S(=O)(O)c1ccccc1CBr. The zero-order valence-corrected chi connectivity index (χ0v) is 9.69. The molecule has 13 heavy (non-hydrogen) atoms. The maximum Gasteiger partial charge on any atom is 0.294 e. The first-order valence-electron chi connectivity index (χ1n) is 3.17. The number of halogens is 2. The van der Waals surface area contributed by atoms with Crippen molar-refractivity contribution < 1.29 is 13.0 Å². The average Bonchev–Trinajstić information content (AvgIpc) is 2.03. The Morgan fingerprint density at radius 2 is 1.85 bits per heavy atom. The largest absolute Gasteiger partial charge is 0.294 e. The normalized spacial score (nSPS) is 10.6. The predicted molar refractivity (Wildman–Crippen MR) is 56.1 cm³/mol. The minimum atomic E-state index is -4.08. The zero-order valence-electron chi connectivity index (χ0n) is 6.47. The number of rotatable bonds is 2. The van der Waals surface area contributed by atoms with Gasteiger partial charge in [0, 0.05) is 5.33 Å². The summed E-state index contributed by atoms with van der Waals surface area (Å²) in [5.74, 6) is 0. The van der Waals surface area contributed by atoms with Crippen molar-refractivity contribution in [1.29, 1.82) is 0 Å². The van der Waals surface area contributed by atoms with Gasteiger partial charge in [-0.3, -0.25) is 4.55 Å². The van der Waals surface area contributed by atoms with Crippen LogP contribution >= 0.6 is 28.3 Å². The van der Waals surface area contributed by atoms with Gasteiger partial charge < -0.3 is 0 Å². The average molecular weight is 288 g/mol. The minimum absolute atomic E-state index is 0. The van der Waals surface area contributed by atoms with Gasteiger partial charge in [-0.15, -0.1) is 12.4 Å². The van der Waals surface area contributed by atoms with Gasteiger partial charge in [-0.2, -0.15) is 8.42 Å². The highest BCUT2D eigenvalue weighted by Gasteiger charge is 2.12. The van der Waals surface area contributed by atoms with E-state index in [-0.39, 0.29) is 17.3 Å². The zero-order chi connectivity index (χ0) is 9.19. The summed E-state index contributed by atoms with van der Waals surface area (Å²) in [7, 11) is -4.08. The van der Waals surface area contributed by atoms with Crippen LogP contribution in [-0.2, 0) is 15.4 Å². The molecule has 0 aliphatic heterocycles. The topological polar surface area (TPSA) is 54.4 Å². The van der Waals surface area contributed by atoms with Crippen molar-refractivity contribution in [3.63, 3.8) is 0 Å². The molecule has 0 amide bonds. The third-order valence-electron chi connectivity index (χ3n) is 1.39. The molecule has 0 saturated carbocycles. The highest BCUT2D eigenvalue weighted by Crippen LogP contribution is 2.17. The Morgan fingerprint density at radius 1 is 1.31 bits per heavy atom. The summed E-state index contributed by atoms with van der Waals surface area (Å²) in [5.41, 5.74) is 0.556. The van der Waals surface area contributed by atoms with Crippen molar-refractivity contribution in [2.45, 2.75) is 10.2 Å². The van der Waals surface area contributed by atoms with Crippen LogP contribution in [0, 0.1) is 0 Å². The van der Waals surface area contributed by atoms with Gasteiger partial charge >= 0.3 is 0 Å². The molecule has 0 aromatic heterocycles. The van der Waals surface area contributed by atoms with Crippen LogP contribution in [0.4, 0.5) is 0 Å². The fourth-order valence-electron chi connectivity index (χ4n) is 0.866. The van der Waals surface area contributed by atoms with E-state index in [1.165, 1.54) is 6.07 Å². The first kappa shape index (κ1) is 12.9. The van der Waals surface area contributed by atoms with E-state index >= 15 is 0 Å². The second kappa shape index (κ2) is 4.95. The molecule has 6 heteroatoms. The molecule has 1 aromatic carbocycles. The van der Waals surface area contributed by atoms with E-state index in [0.717, 1.165) is 0 Å². The number of hydrogen-bond donors (Lipinski definition) is 1. The molecule has 0 saturated heterocycles. The molecule has 0 aliphatic carbocycles. The fourth-order valence-corrected chi connectivity index (χ4v) is 2.26. The molecule has 0 atom stereocenters. The van der Waals surface area contributed by atoms with Gasteiger partial charge in [0.05, 0.1) is 4.90 Å². The van der Waals surface area contributed by atoms with Crippen molar-refractivity contribution in [2.24, 2.45) is 0 Å². The number of alkyl halides is 1. The van der Waals surface area contributed by atoms with Crippen LogP contribution in [0.15, 0.2) is 29.2 Å². The Bertz CT molecular complexity index is 377. The first-order valence-corrected chi connectivity index (χ1v) is 5.73. The van der Waals surface area contributed by atoms with Crippen LogP contribution in [0.1, 0.15) is 5.56 Å². The van der Waals surface area contributed by atoms with Gasteiger partial charge in [-0.05, 0) is 11.6 Å². The molecule has 0 radical (unpaired) electrons. The standard InChI is InChI=1S/C7H7BrO3S.ClH/c8-5-6-3-1-2-4-7(6)12(9,10)11;/h1-4H,5H2,(H,9,10,11);1H. The van der Waals surface area contributed by atoms with Gasteiger partial charge in [-0.25, -0.2) is 0 Å². The Hall–Kier alpha value is -0.100. The van der Waals surface area contributed by atoms with E-state index in [4.69, 9.17) is 4.55 Å². The first-order chi connectivity index (χ1) is 5.55. The smallest absolute Gasteiger partial charge is 0.282 e. The van der Waals surface area contributed by atoms with Crippen LogP contribution in [-0.4, -0.2) is 13.0 Å². The van der Waals surface area contributed by atoms with E-state index in [1.54, 1.807) is 18.2 Å². The fraction of sp³-hybridized carbons (Fsp3) is 0.143. The lowest BCUT2D eigenvalue weighted by molar-refractivity contribution is 0.482. The van der Waals surface area contributed by atoms with Crippen molar-refractivity contribution in [3.05, 3.63) is 29.8 Å². The molecule has 3 nitrogen and oxygen atoms in total. The third-order valence-corrected chi connectivity index (χ3v) is 2.95. The van der Waals surface area contributed by atoms with Gasteiger partial charge in [0.15, 0.2) is 0 Å². The third kappa shape index (κ3) is 3.27. The lowest BCUT2D eigenvalue weighted by Crippen LogP contribution is -2.01. The van der Waals surface area contributed by atoms with Gasteiger partial charge in [0.25, 0.3) is 10.1 Å². The van der Waals surface area contributed by atoms with Crippen LogP contribution < -0.4 is 0 Å². The van der Waals surface area contributed by atoms with Crippen molar-refractivity contribution >= 4 is 38.5 Å². The molecule has 0 bridgehead atoms. The Balaban J connectivity index is 0.00000144. The summed E-state index contributed by atoms with van der Waals surface area (Å²) < 4.78 is 30.2. The lowest BCUT2D eigenvalue weighted by Gasteiger charge is -2.01. The monoisotopic (exact) mass is 286 g/mol. The lowest BCUT2D eigenvalue weighted by atomic mass is 10.2. The van der Waals surface area contributed by atoms with E-state index < -0.39 is 10.1 Å². The van der Waals surface area contributed by atoms with E-state index in [2.05, 4.69) is 15.9 Å². The van der Waals surface area contributed by atoms with E-state index in [0.29, 0.717) is 10.9 Å². The highest BCUT2D eigenvalue weighted by atomic mass is 79.9. The van der Waals surface area contributed by atoms with Crippen LogP contribution in [0.3, 0.4) is 0 Å². The van der Waals surface area contributed by atoms with Crippen molar-refractivity contribution in [3.8, 4) is 0 Å². The van der Waals surface area contributed by atoms with E-state index in [9.17, 15) is 8.42 Å². The van der Waals surface area contributed by atoms with Crippen LogP contribution in [0.2, 0.25) is 0 Å². The Labute approximate surface area is 91.4 Å². The summed E-state index contributed by atoms with van der Waals surface area (Å²) in [6.07, 6.45) is 0. The molecule has 1 rings (SSSR count). The number of hydrogen-bond acceptors (Lipinski definition) is 2. The number of benzene rings is 1. The molecule has 0 aliphatic rings. The van der Waals surface area contributed by atoms with Gasteiger partial charge in [0.1, 0.15) is 0 Å². The summed E-state index contributed by atoms with van der Waals surface area (Å²) in [5, 5.41) is 0.406. The Kier molecular flexibility index (Phi) is 4.91. The maximum absolute atomic E-state index is 10.7. The molecule has 1 aromatic rings. The molecule has 74 valence electrons. The van der Waals surface area contributed by atoms with E-state index in [1.807, 2.05) is 0 Å². The second-order valence-electron chi connectivity index (χ2n) is 2.22. The molecule has 0 fully saturated rings. The predicted octanol–water partition coefficient (Wildman–Crippen LogP) is 2.25. The molecule has 0 heterocycles.